The molecule has 0 radical (unpaired) electrons. The first-order valence-corrected chi connectivity index (χ1v) is 14.6. The van der Waals surface area contributed by atoms with Crippen molar-refractivity contribution in [2.24, 2.45) is 0 Å². The summed E-state index contributed by atoms with van der Waals surface area (Å²) in [6, 6.07) is 11.6. The zero-order valence-corrected chi connectivity index (χ0v) is 23.6. The average molecular weight is 567 g/mol. The number of benzene rings is 2. The largest absolute Gasteiger partial charge is 0.453 e. The Bertz CT molecular complexity index is 1660. The van der Waals surface area contributed by atoms with Gasteiger partial charge < -0.3 is 30.3 Å². The van der Waals surface area contributed by atoms with Crippen LogP contribution in [0.5, 0.6) is 11.5 Å². The summed E-state index contributed by atoms with van der Waals surface area (Å²) in [5.41, 5.74) is 10.7. The molecule has 11 heteroatoms. The number of ether oxygens (including phenoxy) is 2. The van der Waals surface area contributed by atoms with Crippen molar-refractivity contribution < 1.29 is 14.3 Å². The van der Waals surface area contributed by atoms with E-state index in [1.165, 1.54) is 19.2 Å². The van der Waals surface area contributed by atoms with Crippen molar-refractivity contribution in [2.45, 2.75) is 38.6 Å². The first-order valence-electron chi connectivity index (χ1n) is 14.6. The van der Waals surface area contributed by atoms with Gasteiger partial charge >= 0.3 is 0 Å². The fourth-order valence-corrected chi connectivity index (χ4v) is 6.24. The predicted molar refractivity (Wildman–Crippen MR) is 162 cm³/mol. The van der Waals surface area contributed by atoms with Gasteiger partial charge in [0, 0.05) is 43.0 Å². The number of piperidine rings is 1. The molecule has 0 bridgehead atoms. The number of hydrogen-bond donors (Lipinski definition) is 2. The summed E-state index contributed by atoms with van der Waals surface area (Å²) >= 11 is 0. The van der Waals surface area contributed by atoms with Crippen LogP contribution in [0.25, 0.3) is 22.3 Å². The molecule has 3 aliphatic rings. The standard InChI is InChI=1S/C31H34N8O3/c1-2-13-37-14-5-6-22(17-37)39-30-25(29(32)33-18-34-30)26(36-39)23-11-12-24(28-27(23)41-19-42-28)35-31(40)20-7-9-21(10-8-20)38-15-3-4-16-38/h2,7-13,18,22H,3-6,14-17,19H2,1H3,(H,35,40)(H2,32,33,34)/t22-/m1/s1. The van der Waals surface area contributed by atoms with Crippen molar-refractivity contribution in [1.29, 1.82) is 0 Å². The first kappa shape index (κ1) is 26.1. The average Bonchev–Trinajstić information content (AvgIpc) is 3.79. The van der Waals surface area contributed by atoms with Gasteiger partial charge in [0.1, 0.15) is 17.8 Å². The van der Waals surface area contributed by atoms with Crippen LogP contribution < -0.4 is 25.4 Å². The fraction of sp³-hybridized carbons (Fsp3) is 0.355. The molecular formula is C31H34N8O3. The third-order valence-corrected chi connectivity index (χ3v) is 8.27. The quantitative estimate of drug-likeness (QED) is 0.338. The Labute approximate surface area is 243 Å². The molecule has 0 unspecified atom stereocenters. The smallest absolute Gasteiger partial charge is 0.255 e. The van der Waals surface area contributed by atoms with E-state index in [0.29, 0.717) is 50.9 Å². The van der Waals surface area contributed by atoms with E-state index in [1.54, 1.807) is 0 Å². The molecule has 0 spiro atoms. The molecule has 11 nitrogen and oxygen atoms in total. The minimum absolute atomic E-state index is 0.0330. The van der Waals surface area contributed by atoms with Gasteiger partial charge in [-0.05, 0) is 75.2 Å². The van der Waals surface area contributed by atoms with Gasteiger partial charge in [-0.1, -0.05) is 6.08 Å². The number of nitrogens with one attached hydrogen (secondary N) is 1. The number of nitrogen functional groups attached to an aromatic ring is 1. The van der Waals surface area contributed by atoms with Crippen molar-refractivity contribution in [1.82, 2.24) is 24.6 Å². The van der Waals surface area contributed by atoms with E-state index in [1.807, 2.05) is 48.0 Å². The number of nitrogens with two attached hydrogens (primary N) is 1. The number of amides is 1. The zero-order chi connectivity index (χ0) is 28.6. The van der Waals surface area contributed by atoms with Gasteiger partial charge in [-0.3, -0.25) is 4.79 Å². The van der Waals surface area contributed by atoms with Gasteiger partial charge in [0.15, 0.2) is 17.1 Å². The lowest BCUT2D eigenvalue weighted by Gasteiger charge is -2.32. The van der Waals surface area contributed by atoms with Crippen LogP contribution in [0, 0.1) is 0 Å². The molecular weight excluding hydrogens is 532 g/mol. The number of carbonyl (C=O) groups excluding carboxylic acids is 1. The van der Waals surface area contributed by atoms with Crippen molar-refractivity contribution in [3.63, 3.8) is 0 Å². The molecule has 0 aliphatic carbocycles. The van der Waals surface area contributed by atoms with Crippen molar-refractivity contribution in [2.75, 3.05) is 48.9 Å². The number of fused-ring (bicyclic) bond motifs is 2. The van der Waals surface area contributed by atoms with Crippen LogP contribution in [-0.4, -0.2) is 63.5 Å². The Morgan fingerprint density at radius 1 is 1.02 bits per heavy atom. The van der Waals surface area contributed by atoms with Crippen molar-refractivity contribution in [3.05, 3.63) is 60.6 Å². The lowest BCUT2D eigenvalue weighted by Crippen LogP contribution is -2.33. The monoisotopic (exact) mass is 566 g/mol. The van der Waals surface area contributed by atoms with Crippen LogP contribution in [0.1, 0.15) is 49.0 Å². The molecule has 4 aromatic rings. The summed E-state index contributed by atoms with van der Waals surface area (Å²) in [6.07, 6.45) is 10.1. The molecule has 2 saturated heterocycles. The summed E-state index contributed by atoms with van der Waals surface area (Å²) in [5.74, 6) is 1.10. The highest BCUT2D eigenvalue weighted by Gasteiger charge is 2.30. The number of aromatic nitrogens is 4. The highest BCUT2D eigenvalue weighted by Crippen LogP contribution is 2.48. The van der Waals surface area contributed by atoms with Crippen LogP contribution >= 0.6 is 0 Å². The van der Waals surface area contributed by atoms with E-state index in [0.717, 1.165) is 44.7 Å². The van der Waals surface area contributed by atoms with Crippen LogP contribution in [0.3, 0.4) is 0 Å². The number of anilines is 3. The van der Waals surface area contributed by atoms with Crippen molar-refractivity contribution >= 4 is 34.1 Å². The number of rotatable bonds is 6. The van der Waals surface area contributed by atoms with Gasteiger partial charge in [-0.2, -0.15) is 5.10 Å². The van der Waals surface area contributed by atoms with E-state index in [-0.39, 0.29) is 18.7 Å². The maximum Gasteiger partial charge on any atom is 0.255 e. The third-order valence-electron chi connectivity index (χ3n) is 8.27. The van der Waals surface area contributed by atoms with Crippen LogP contribution in [0.2, 0.25) is 0 Å². The number of nitrogens with zero attached hydrogens (tertiary/aromatic N) is 6. The Hall–Kier alpha value is -4.80. The number of hydrogen-bond acceptors (Lipinski definition) is 9. The van der Waals surface area contributed by atoms with Gasteiger partial charge in [-0.15, -0.1) is 0 Å². The van der Waals surface area contributed by atoms with Crippen molar-refractivity contribution in [3.8, 4) is 22.8 Å². The highest BCUT2D eigenvalue weighted by atomic mass is 16.7. The molecule has 3 aliphatic heterocycles. The summed E-state index contributed by atoms with van der Waals surface area (Å²) in [5, 5.41) is 8.73. The molecule has 2 fully saturated rings. The van der Waals surface area contributed by atoms with Crippen LogP contribution in [0.15, 0.2) is 55.0 Å². The second kappa shape index (κ2) is 10.9. The number of carbonyl (C=O) groups is 1. The molecule has 3 N–H and O–H groups in total. The number of likely N-dealkylation sites (tertiary alicyclic amines) is 1. The Morgan fingerprint density at radius 3 is 2.64 bits per heavy atom. The molecule has 1 atom stereocenters. The summed E-state index contributed by atoms with van der Waals surface area (Å²) in [6.45, 7) is 6.01. The molecule has 0 saturated carbocycles. The van der Waals surface area contributed by atoms with E-state index < -0.39 is 0 Å². The zero-order valence-electron chi connectivity index (χ0n) is 23.6. The second-order valence-electron chi connectivity index (χ2n) is 10.9. The summed E-state index contributed by atoms with van der Waals surface area (Å²) < 4.78 is 13.8. The maximum atomic E-state index is 13.2. The Balaban J connectivity index is 1.21. The van der Waals surface area contributed by atoms with E-state index in [9.17, 15) is 4.79 Å². The SMILES string of the molecule is CC=CN1CCC[C@@H](n2nc(-c3ccc(NC(=O)c4ccc(N5CCCC5)cc4)c4c3OCO4)c3c(N)ncnc32)C1. The minimum atomic E-state index is -0.219. The lowest BCUT2D eigenvalue weighted by molar-refractivity contribution is 0.102. The van der Waals surface area contributed by atoms with Gasteiger partial charge in [0.2, 0.25) is 6.79 Å². The second-order valence-corrected chi connectivity index (χ2v) is 10.9. The number of allylic oxidation sites excluding steroid dienone is 1. The van der Waals surface area contributed by atoms with Crippen LogP contribution in [0.4, 0.5) is 17.2 Å². The summed E-state index contributed by atoms with van der Waals surface area (Å²) in [7, 11) is 0. The minimum Gasteiger partial charge on any atom is -0.453 e. The van der Waals surface area contributed by atoms with E-state index in [4.69, 9.17) is 20.3 Å². The third kappa shape index (κ3) is 4.64. The fourth-order valence-electron chi connectivity index (χ4n) is 6.24. The lowest BCUT2D eigenvalue weighted by atomic mass is 10.1. The maximum absolute atomic E-state index is 13.2. The van der Waals surface area contributed by atoms with E-state index in [2.05, 4.69) is 37.4 Å². The molecule has 2 aromatic heterocycles. The normalized spacial score (nSPS) is 18.4. The Morgan fingerprint density at radius 2 is 1.83 bits per heavy atom. The van der Waals surface area contributed by atoms with Crippen LogP contribution in [-0.2, 0) is 0 Å². The molecule has 1 amide bonds. The highest BCUT2D eigenvalue weighted by molar-refractivity contribution is 6.06. The van der Waals surface area contributed by atoms with E-state index >= 15 is 0 Å². The first-order chi connectivity index (χ1) is 20.6. The molecule has 216 valence electrons. The molecule has 5 heterocycles. The van der Waals surface area contributed by atoms with Gasteiger partial charge in [0.25, 0.3) is 5.91 Å². The summed E-state index contributed by atoms with van der Waals surface area (Å²) in [4.78, 5) is 26.7. The van der Waals surface area contributed by atoms with Gasteiger partial charge in [0.05, 0.1) is 17.1 Å². The molecule has 2 aromatic carbocycles. The molecule has 42 heavy (non-hydrogen) atoms. The van der Waals surface area contributed by atoms with Gasteiger partial charge in [-0.25, -0.2) is 14.6 Å². The Kier molecular flexibility index (Phi) is 6.77. The molecule has 7 rings (SSSR count). The predicted octanol–water partition coefficient (Wildman–Crippen LogP) is 4.83. The topological polar surface area (TPSA) is 124 Å².